The molecule has 1 saturated heterocycles. The normalized spacial score (nSPS) is 16.1. The zero-order valence-electron chi connectivity index (χ0n) is 14.9. The predicted molar refractivity (Wildman–Crippen MR) is 102 cm³/mol. The maximum atomic E-state index is 13.6. The van der Waals surface area contributed by atoms with Crippen molar-refractivity contribution in [2.45, 2.75) is 10.9 Å². The van der Waals surface area contributed by atoms with Crippen LogP contribution in [0.5, 0.6) is 0 Å². The summed E-state index contributed by atoms with van der Waals surface area (Å²) >= 11 is 1.17. The minimum Gasteiger partial charge on any atom is -0.379 e. The summed E-state index contributed by atoms with van der Waals surface area (Å²) in [5, 5.41) is 2.92. The van der Waals surface area contributed by atoms with Gasteiger partial charge in [0.2, 0.25) is 5.91 Å². The fraction of sp³-hybridized carbons (Fsp3) is 0.350. The molecule has 3 rings (SSSR count). The quantitative estimate of drug-likeness (QED) is 0.735. The fourth-order valence-corrected chi connectivity index (χ4v) is 3.77. The first kappa shape index (κ1) is 19.8. The van der Waals surface area contributed by atoms with Gasteiger partial charge >= 0.3 is 0 Å². The third kappa shape index (κ3) is 5.76. The number of carbonyl (C=O) groups excluding carboxylic acids is 1. The standard InChI is InChI=1S/C20H22F2N2O2S/c21-16-7-5-15(6-8-16)18(24-9-11-26-12-10-24)13-23-20(25)14-27-19-4-2-1-3-17(19)22/h1-8,18H,9-14H2,(H,23,25). The van der Waals surface area contributed by atoms with Crippen LogP contribution in [0, 0.1) is 11.6 Å². The zero-order chi connectivity index (χ0) is 19.1. The fourth-order valence-electron chi connectivity index (χ4n) is 3.00. The summed E-state index contributed by atoms with van der Waals surface area (Å²) in [6.45, 7) is 3.18. The van der Waals surface area contributed by atoms with Crippen LogP contribution in [-0.4, -0.2) is 49.4 Å². The average molecular weight is 392 g/mol. The number of ether oxygens (including phenoxy) is 1. The Morgan fingerprint density at radius 2 is 1.81 bits per heavy atom. The van der Waals surface area contributed by atoms with E-state index >= 15 is 0 Å². The van der Waals surface area contributed by atoms with Crippen LogP contribution in [0.3, 0.4) is 0 Å². The summed E-state index contributed by atoms with van der Waals surface area (Å²) in [5.74, 6) is -0.638. The molecule has 1 N–H and O–H groups in total. The molecule has 0 bridgehead atoms. The minimum atomic E-state index is -0.326. The van der Waals surface area contributed by atoms with Gasteiger partial charge in [0.25, 0.3) is 0 Å². The number of nitrogens with one attached hydrogen (secondary N) is 1. The van der Waals surface area contributed by atoms with Crippen LogP contribution in [0.4, 0.5) is 8.78 Å². The zero-order valence-corrected chi connectivity index (χ0v) is 15.7. The number of halogens is 2. The van der Waals surface area contributed by atoms with Gasteiger partial charge in [0.15, 0.2) is 0 Å². The van der Waals surface area contributed by atoms with Crippen molar-refractivity contribution in [2.24, 2.45) is 0 Å². The molecule has 7 heteroatoms. The summed E-state index contributed by atoms with van der Waals surface area (Å²) in [4.78, 5) is 14.9. The highest BCUT2D eigenvalue weighted by Crippen LogP contribution is 2.23. The molecule has 0 aromatic heterocycles. The Kier molecular flexibility index (Phi) is 7.20. The second-order valence-electron chi connectivity index (χ2n) is 6.24. The van der Waals surface area contributed by atoms with Gasteiger partial charge in [0.1, 0.15) is 11.6 Å². The minimum absolute atomic E-state index is 0.0584. The number of morpholine rings is 1. The molecular weight excluding hydrogens is 370 g/mol. The summed E-state index contributed by atoms with van der Waals surface area (Å²) in [7, 11) is 0. The van der Waals surface area contributed by atoms with Crippen molar-refractivity contribution < 1.29 is 18.3 Å². The van der Waals surface area contributed by atoms with Crippen LogP contribution in [0.25, 0.3) is 0 Å². The molecule has 1 amide bonds. The molecule has 2 aromatic rings. The molecule has 144 valence electrons. The van der Waals surface area contributed by atoms with Crippen molar-refractivity contribution in [3.8, 4) is 0 Å². The molecule has 1 atom stereocenters. The first-order chi connectivity index (χ1) is 13.1. The Bertz CT molecular complexity index is 752. The molecule has 1 aliphatic heterocycles. The number of nitrogens with zero attached hydrogens (tertiary/aromatic N) is 1. The van der Waals surface area contributed by atoms with Crippen LogP contribution >= 0.6 is 11.8 Å². The molecule has 1 fully saturated rings. The van der Waals surface area contributed by atoms with Crippen LogP contribution in [0.1, 0.15) is 11.6 Å². The number of thioether (sulfide) groups is 1. The van der Waals surface area contributed by atoms with Gasteiger partial charge in [-0.3, -0.25) is 9.69 Å². The Balaban J connectivity index is 1.59. The van der Waals surface area contributed by atoms with Gasteiger partial charge in [-0.25, -0.2) is 8.78 Å². The lowest BCUT2D eigenvalue weighted by Crippen LogP contribution is -2.44. The van der Waals surface area contributed by atoms with E-state index in [1.165, 1.54) is 30.0 Å². The number of benzene rings is 2. The number of hydrogen-bond acceptors (Lipinski definition) is 4. The van der Waals surface area contributed by atoms with Gasteiger partial charge < -0.3 is 10.1 Å². The molecule has 4 nitrogen and oxygen atoms in total. The van der Waals surface area contributed by atoms with Crippen LogP contribution in [0.15, 0.2) is 53.4 Å². The van der Waals surface area contributed by atoms with Crippen molar-refractivity contribution in [1.82, 2.24) is 10.2 Å². The maximum absolute atomic E-state index is 13.6. The van der Waals surface area contributed by atoms with Crippen LogP contribution < -0.4 is 5.32 Å². The summed E-state index contributed by atoms with van der Waals surface area (Å²) in [6, 6.07) is 12.7. The highest BCUT2D eigenvalue weighted by Gasteiger charge is 2.23. The third-order valence-electron chi connectivity index (χ3n) is 4.43. The molecule has 1 aliphatic rings. The van der Waals surface area contributed by atoms with Crippen molar-refractivity contribution >= 4 is 17.7 Å². The molecule has 2 aromatic carbocycles. The molecule has 1 heterocycles. The Morgan fingerprint density at radius 3 is 2.52 bits per heavy atom. The SMILES string of the molecule is O=C(CSc1ccccc1F)NCC(c1ccc(F)cc1)N1CCOCC1. The van der Waals surface area contributed by atoms with E-state index < -0.39 is 0 Å². The topological polar surface area (TPSA) is 41.6 Å². The number of hydrogen-bond donors (Lipinski definition) is 1. The first-order valence-corrected chi connectivity index (χ1v) is 9.83. The lowest BCUT2D eigenvalue weighted by molar-refractivity contribution is -0.118. The molecule has 0 radical (unpaired) electrons. The van der Waals surface area contributed by atoms with Crippen molar-refractivity contribution in [3.63, 3.8) is 0 Å². The first-order valence-electron chi connectivity index (χ1n) is 8.85. The van der Waals surface area contributed by atoms with E-state index in [1.807, 2.05) is 0 Å². The molecule has 0 aliphatic carbocycles. The lowest BCUT2D eigenvalue weighted by atomic mass is 10.0. The van der Waals surface area contributed by atoms with Gasteiger partial charge in [-0.05, 0) is 29.8 Å². The van der Waals surface area contributed by atoms with Gasteiger partial charge in [-0.15, -0.1) is 11.8 Å². The third-order valence-corrected chi connectivity index (χ3v) is 5.48. The van der Waals surface area contributed by atoms with Gasteiger partial charge in [-0.2, -0.15) is 0 Å². The number of carbonyl (C=O) groups is 1. The summed E-state index contributed by atoms with van der Waals surface area (Å²) in [6.07, 6.45) is 0. The van der Waals surface area contributed by atoms with Crippen LogP contribution in [-0.2, 0) is 9.53 Å². The Hall–Kier alpha value is -1.96. The second-order valence-corrected chi connectivity index (χ2v) is 7.26. The van der Waals surface area contributed by atoms with Crippen molar-refractivity contribution in [2.75, 3.05) is 38.6 Å². The second kappa shape index (κ2) is 9.82. The lowest BCUT2D eigenvalue weighted by Gasteiger charge is -2.35. The summed E-state index contributed by atoms with van der Waals surface area (Å²) < 4.78 is 32.3. The number of rotatable bonds is 7. The van der Waals surface area contributed by atoms with E-state index in [-0.39, 0.29) is 29.3 Å². The van der Waals surface area contributed by atoms with E-state index in [9.17, 15) is 13.6 Å². The van der Waals surface area contributed by atoms with Gasteiger partial charge in [0, 0.05) is 24.5 Å². The molecular formula is C20H22F2N2O2S. The number of amides is 1. The maximum Gasteiger partial charge on any atom is 0.230 e. The smallest absolute Gasteiger partial charge is 0.230 e. The average Bonchev–Trinajstić information content (AvgIpc) is 2.69. The van der Waals surface area contributed by atoms with Crippen LogP contribution in [0.2, 0.25) is 0 Å². The van der Waals surface area contributed by atoms with E-state index in [0.717, 1.165) is 18.7 Å². The van der Waals surface area contributed by atoms with Gasteiger partial charge in [0.05, 0.1) is 25.0 Å². The van der Waals surface area contributed by atoms with Gasteiger partial charge in [-0.1, -0.05) is 24.3 Å². The molecule has 1 unspecified atom stereocenters. The highest BCUT2D eigenvalue weighted by molar-refractivity contribution is 8.00. The molecule has 0 saturated carbocycles. The monoisotopic (exact) mass is 392 g/mol. The van der Waals surface area contributed by atoms with E-state index in [2.05, 4.69) is 10.2 Å². The largest absolute Gasteiger partial charge is 0.379 e. The highest BCUT2D eigenvalue weighted by atomic mass is 32.2. The van der Waals surface area contributed by atoms with E-state index in [0.29, 0.717) is 24.7 Å². The van der Waals surface area contributed by atoms with Crippen molar-refractivity contribution in [1.29, 1.82) is 0 Å². The van der Waals surface area contributed by atoms with Crippen molar-refractivity contribution in [3.05, 3.63) is 65.7 Å². The van der Waals surface area contributed by atoms with E-state index in [1.54, 1.807) is 30.3 Å². The predicted octanol–water partition coefficient (Wildman–Crippen LogP) is 3.25. The Morgan fingerprint density at radius 1 is 1.11 bits per heavy atom. The van der Waals surface area contributed by atoms with E-state index in [4.69, 9.17) is 4.74 Å². The molecule has 0 spiro atoms. The molecule has 27 heavy (non-hydrogen) atoms. The summed E-state index contributed by atoms with van der Waals surface area (Å²) in [5.41, 5.74) is 0.945. The Labute approximate surface area is 161 Å².